The minimum Gasteiger partial charge on any atom is -0.496 e. The van der Waals surface area contributed by atoms with Crippen LogP contribution in [-0.2, 0) is 4.74 Å². The number of hydrogen-bond acceptors (Lipinski definition) is 5. The Hall–Kier alpha value is -1.82. The lowest BCUT2D eigenvalue weighted by atomic mass is 10.1. The highest BCUT2D eigenvalue weighted by Gasteiger charge is 2.24. The molecule has 100 valence electrons. The largest absolute Gasteiger partial charge is 0.496 e. The third-order valence-corrected chi connectivity index (χ3v) is 3.15. The third-order valence-electron chi connectivity index (χ3n) is 2.66. The molecule has 0 unspecified atom stereocenters. The van der Waals surface area contributed by atoms with Gasteiger partial charge in [0.15, 0.2) is 5.76 Å². The first-order chi connectivity index (χ1) is 9.08. The Labute approximate surface area is 118 Å². The van der Waals surface area contributed by atoms with Crippen molar-refractivity contribution in [3.63, 3.8) is 0 Å². The van der Waals surface area contributed by atoms with Crippen molar-refractivity contribution in [3.8, 4) is 17.1 Å². The Morgan fingerprint density at radius 2 is 2.11 bits per heavy atom. The highest BCUT2D eigenvalue weighted by molar-refractivity contribution is 9.10. The highest BCUT2D eigenvalue weighted by atomic mass is 79.9. The zero-order valence-electron chi connectivity index (χ0n) is 10.7. The topological polar surface area (TPSA) is 61.6 Å². The van der Waals surface area contributed by atoms with E-state index in [1.165, 1.54) is 7.11 Å². The zero-order chi connectivity index (χ0) is 14.0. The summed E-state index contributed by atoms with van der Waals surface area (Å²) in [6.45, 7) is 1.69. The average molecular weight is 326 g/mol. The summed E-state index contributed by atoms with van der Waals surface area (Å²) in [5.41, 5.74) is 1.43. The van der Waals surface area contributed by atoms with Gasteiger partial charge in [-0.2, -0.15) is 0 Å². The van der Waals surface area contributed by atoms with Gasteiger partial charge in [-0.3, -0.25) is 0 Å². The summed E-state index contributed by atoms with van der Waals surface area (Å²) in [4.78, 5) is 11.8. The Balaban J connectivity index is 2.63. The summed E-state index contributed by atoms with van der Waals surface area (Å²) < 4.78 is 16.1. The lowest BCUT2D eigenvalue weighted by Gasteiger charge is -2.07. The second kappa shape index (κ2) is 5.44. The maximum Gasteiger partial charge on any atom is 0.343 e. The van der Waals surface area contributed by atoms with E-state index in [1.54, 1.807) is 26.2 Å². The van der Waals surface area contributed by atoms with Crippen molar-refractivity contribution in [2.75, 3.05) is 14.2 Å². The number of rotatable bonds is 3. The van der Waals surface area contributed by atoms with Crippen molar-refractivity contribution in [2.45, 2.75) is 6.92 Å². The summed E-state index contributed by atoms with van der Waals surface area (Å²) in [6, 6.07) is 5.40. The fourth-order valence-corrected chi connectivity index (χ4v) is 2.09. The minimum atomic E-state index is -0.487. The number of halogens is 1. The van der Waals surface area contributed by atoms with Crippen LogP contribution in [0.5, 0.6) is 5.75 Å². The van der Waals surface area contributed by atoms with Gasteiger partial charge in [0.05, 0.1) is 25.5 Å². The molecule has 0 aliphatic heterocycles. The molecule has 0 N–H and O–H groups in total. The van der Waals surface area contributed by atoms with E-state index in [0.717, 1.165) is 4.47 Å². The molecule has 5 nitrogen and oxygen atoms in total. The summed E-state index contributed by atoms with van der Waals surface area (Å²) in [7, 11) is 2.86. The Morgan fingerprint density at radius 1 is 1.37 bits per heavy atom. The van der Waals surface area contributed by atoms with Gasteiger partial charge >= 0.3 is 5.97 Å². The van der Waals surface area contributed by atoms with E-state index in [9.17, 15) is 4.79 Å². The molecule has 0 saturated carbocycles. The first-order valence-corrected chi connectivity index (χ1v) is 6.26. The van der Waals surface area contributed by atoms with Gasteiger partial charge in [-0.15, -0.1) is 0 Å². The molecule has 19 heavy (non-hydrogen) atoms. The van der Waals surface area contributed by atoms with E-state index in [4.69, 9.17) is 14.0 Å². The van der Waals surface area contributed by atoms with Gasteiger partial charge < -0.3 is 14.0 Å². The van der Waals surface area contributed by atoms with Gasteiger partial charge in [-0.1, -0.05) is 21.1 Å². The molecule has 0 saturated heterocycles. The average Bonchev–Trinajstić information content (AvgIpc) is 2.79. The lowest BCUT2D eigenvalue weighted by molar-refractivity contribution is 0.0600. The molecule has 2 rings (SSSR count). The SMILES string of the molecule is COC(=O)c1c(C)noc1-c1ccc(Br)cc1OC. The predicted octanol–water partition coefficient (Wildman–Crippen LogP) is 3.21. The molecule has 0 aliphatic carbocycles. The van der Waals surface area contributed by atoms with E-state index in [0.29, 0.717) is 28.3 Å². The molecule has 0 fully saturated rings. The molecule has 1 aromatic carbocycles. The predicted molar refractivity (Wildman–Crippen MR) is 72.3 cm³/mol. The smallest absolute Gasteiger partial charge is 0.343 e. The standard InChI is InChI=1S/C13H12BrNO4/c1-7-11(13(16)18-3)12(19-15-7)9-5-4-8(14)6-10(9)17-2/h4-6H,1-3H3. The van der Waals surface area contributed by atoms with E-state index in [-0.39, 0.29) is 0 Å². The van der Waals surface area contributed by atoms with Gasteiger partial charge in [0.2, 0.25) is 0 Å². The van der Waals surface area contributed by atoms with Crippen molar-refractivity contribution in [1.29, 1.82) is 0 Å². The van der Waals surface area contributed by atoms with Gasteiger partial charge in [-0.25, -0.2) is 4.79 Å². The van der Waals surface area contributed by atoms with Gasteiger partial charge in [0.25, 0.3) is 0 Å². The molecule has 1 aromatic heterocycles. The van der Waals surface area contributed by atoms with Crippen LogP contribution in [0.1, 0.15) is 16.1 Å². The highest BCUT2D eigenvalue weighted by Crippen LogP contribution is 2.35. The van der Waals surface area contributed by atoms with Gasteiger partial charge in [0.1, 0.15) is 11.3 Å². The zero-order valence-corrected chi connectivity index (χ0v) is 12.3. The molecule has 0 amide bonds. The van der Waals surface area contributed by atoms with Crippen LogP contribution >= 0.6 is 15.9 Å². The molecule has 0 radical (unpaired) electrons. The molecule has 1 heterocycles. The second-order valence-corrected chi connectivity index (χ2v) is 4.72. The van der Waals surface area contributed by atoms with Crippen LogP contribution in [0.4, 0.5) is 0 Å². The van der Waals surface area contributed by atoms with Crippen molar-refractivity contribution < 1.29 is 18.8 Å². The number of aryl methyl sites for hydroxylation is 1. The molecule has 0 aliphatic rings. The van der Waals surface area contributed by atoms with Crippen LogP contribution < -0.4 is 4.74 Å². The Kier molecular flexibility index (Phi) is 3.90. The van der Waals surface area contributed by atoms with Gasteiger partial charge in [0, 0.05) is 4.47 Å². The van der Waals surface area contributed by atoms with Crippen LogP contribution in [0, 0.1) is 6.92 Å². The van der Waals surface area contributed by atoms with Gasteiger partial charge in [-0.05, 0) is 25.1 Å². The first-order valence-electron chi connectivity index (χ1n) is 5.47. The number of nitrogens with zero attached hydrogens (tertiary/aromatic N) is 1. The molecule has 2 aromatic rings. The fourth-order valence-electron chi connectivity index (χ4n) is 1.75. The van der Waals surface area contributed by atoms with Crippen molar-refractivity contribution in [2.24, 2.45) is 0 Å². The third kappa shape index (κ3) is 2.49. The minimum absolute atomic E-state index is 0.308. The number of carbonyl (C=O) groups is 1. The maximum atomic E-state index is 11.8. The van der Waals surface area contributed by atoms with E-state index < -0.39 is 5.97 Å². The van der Waals surface area contributed by atoms with Crippen molar-refractivity contribution >= 4 is 21.9 Å². The number of methoxy groups -OCH3 is 2. The number of aromatic nitrogens is 1. The second-order valence-electron chi connectivity index (χ2n) is 3.81. The van der Waals surface area contributed by atoms with Crippen LogP contribution in [0.15, 0.2) is 27.2 Å². The number of ether oxygens (including phenoxy) is 2. The summed E-state index contributed by atoms with van der Waals surface area (Å²) >= 11 is 3.36. The first kappa shape index (κ1) is 13.6. The summed E-state index contributed by atoms with van der Waals surface area (Å²) in [5.74, 6) is 0.433. The monoisotopic (exact) mass is 325 g/mol. The fraction of sp³-hybridized carbons (Fsp3) is 0.231. The number of esters is 1. The molecule has 6 heteroatoms. The molecule has 0 atom stereocenters. The molecule has 0 spiro atoms. The summed E-state index contributed by atoms with van der Waals surface area (Å²) in [5, 5.41) is 3.82. The van der Waals surface area contributed by atoms with Crippen molar-refractivity contribution in [3.05, 3.63) is 33.9 Å². The van der Waals surface area contributed by atoms with E-state index >= 15 is 0 Å². The normalized spacial score (nSPS) is 10.3. The molecular formula is C13H12BrNO4. The Morgan fingerprint density at radius 3 is 2.74 bits per heavy atom. The number of carbonyl (C=O) groups excluding carboxylic acids is 1. The van der Waals surface area contributed by atoms with Crippen LogP contribution in [0.2, 0.25) is 0 Å². The number of hydrogen-bond donors (Lipinski definition) is 0. The molecule has 0 bridgehead atoms. The quantitative estimate of drug-likeness (QED) is 0.811. The van der Waals surface area contributed by atoms with E-state index in [1.807, 2.05) is 6.07 Å². The number of benzene rings is 1. The van der Waals surface area contributed by atoms with E-state index in [2.05, 4.69) is 21.1 Å². The van der Waals surface area contributed by atoms with Crippen LogP contribution in [-0.4, -0.2) is 25.3 Å². The Bertz CT molecular complexity index is 621. The maximum absolute atomic E-state index is 11.8. The van der Waals surface area contributed by atoms with Crippen LogP contribution in [0.3, 0.4) is 0 Å². The lowest BCUT2D eigenvalue weighted by Crippen LogP contribution is -2.04. The molecular weight excluding hydrogens is 314 g/mol. The van der Waals surface area contributed by atoms with Crippen LogP contribution in [0.25, 0.3) is 11.3 Å². The summed E-state index contributed by atoms with van der Waals surface area (Å²) in [6.07, 6.45) is 0. The van der Waals surface area contributed by atoms with Crippen molar-refractivity contribution in [1.82, 2.24) is 5.16 Å².